The van der Waals surface area contributed by atoms with Gasteiger partial charge in [0.25, 0.3) is 5.91 Å². The van der Waals surface area contributed by atoms with Crippen LogP contribution in [0.5, 0.6) is 0 Å². The summed E-state index contributed by atoms with van der Waals surface area (Å²) in [6.07, 6.45) is 4.48. The van der Waals surface area contributed by atoms with E-state index in [-0.39, 0.29) is 12.5 Å². The van der Waals surface area contributed by atoms with Gasteiger partial charge >= 0.3 is 0 Å². The molecule has 1 heterocycles. The average Bonchev–Trinajstić information content (AvgIpc) is 2.67. The van der Waals surface area contributed by atoms with Gasteiger partial charge in [0, 0.05) is 36.8 Å². The van der Waals surface area contributed by atoms with Gasteiger partial charge in [-0.05, 0) is 24.6 Å². The molecule has 0 saturated heterocycles. The molecule has 0 aliphatic carbocycles. The van der Waals surface area contributed by atoms with Crippen LogP contribution in [0.1, 0.15) is 15.9 Å². The zero-order valence-electron chi connectivity index (χ0n) is 14.5. The van der Waals surface area contributed by atoms with E-state index in [4.69, 9.17) is 10.7 Å². The number of nitriles is 1. The van der Waals surface area contributed by atoms with Gasteiger partial charge in [-0.25, -0.2) is 9.97 Å². The first kappa shape index (κ1) is 18.6. The Hall–Kier alpha value is -3.73. The van der Waals surface area contributed by atoms with Gasteiger partial charge in [-0.15, -0.1) is 0 Å². The van der Waals surface area contributed by atoms with Crippen molar-refractivity contribution in [3.05, 3.63) is 53.5 Å². The highest BCUT2D eigenvalue weighted by Gasteiger charge is 2.09. The molecule has 0 atom stereocenters. The van der Waals surface area contributed by atoms with Crippen LogP contribution in [0.3, 0.4) is 0 Å². The molecule has 0 bridgehead atoms. The molecular formula is C18H19N7O. The minimum absolute atomic E-state index is 0.0316. The van der Waals surface area contributed by atoms with E-state index < -0.39 is 0 Å². The number of aryl methyl sites for hydroxylation is 1. The molecule has 4 N–H and O–H groups in total. The fourth-order valence-electron chi connectivity index (χ4n) is 2.19. The second kappa shape index (κ2) is 8.94. The number of anilines is 1. The largest absolute Gasteiger partial charge is 0.392 e. The molecule has 0 radical (unpaired) electrons. The smallest absolute Gasteiger partial charge is 0.252 e. The molecule has 1 aromatic carbocycles. The van der Waals surface area contributed by atoms with Crippen molar-refractivity contribution >= 4 is 18.1 Å². The van der Waals surface area contributed by atoms with Crippen molar-refractivity contribution in [3.63, 3.8) is 0 Å². The Labute approximate surface area is 151 Å². The van der Waals surface area contributed by atoms with Crippen molar-refractivity contribution in [2.45, 2.75) is 6.92 Å². The molecule has 0 spiro atoms. The first-order valence-electron chi connectivity index (χ1n) is 7.83. The van der Waals surface area contributed by atoms with Crippen molar-refractivity contribution < 1.29 is 4.79 Å². The fraction of sp³-hybridized carbons (Fsp3) is 0.167. The summed E-state index contributed by atoms with van der Waals surface area (Å²) in [7, 11) is 1.74. The SMILES string of the molecule is CN/C=C(\C=N)Nc1ncc(C)c(-c2ccc(C(=O)NCC#N)cc2)n1. The number of nitrogens with one attached hydrogen (secondary N) is 4. The second-order valence-electron chi connectivity index (χ2n) is 5.30. The normalized spacial score (nSPS) is 10.6. The topological polar surface area (TPSA) is 127 Å². The van der Waals surface area contributed by atoms with E-state index in [1.54, 1.807) is 43.7 Å². The molecule has 132 valence electrons. The molecule has 1 aromatic heterocycles. The Balaban J connectivity index is 2.26. The highest BCUT2D eigenvalue weighted by molar-refractivity contribution is 5.94. The van der Waals surface area contributed by atoms with Crippen LogP contribution in [0.2, 0.25) is 0 Å². The predicted molar refractivity (Wildman–Crippen MR) is 99.7 cm³/mol. The van der Waals surface area contributed by atoms with E-state index >= 15 is 0 Å². The Morgan fingerprint density at radius 1 is 1.35 bits per heavy atom. The van der Waals surface area contributed by atoms with Crippen LogP contribution in [0.15, 0.2) is 42.4 Å². The molecule has 2 rings (SSSR count). The third kappa shape index (κ3) is 4.64. The number of benzene rings is 1. The lowest BCUT2D eigenvalue weighted by molar-refractivity contribution is 0.0958. The van der Waals surface area contributed by atoms with Crippen LogP contribution >= 0.6 is 0 Å². The number of hydrogen-bond acceptors (Lipinski definition) is 7. The van der Waals surface area contributed by atoms with Crippen molar-refractivity contribution in [3.8, 4) is 17.3 Å². The van der Waals surface area contributed by atoms with Gasteiger partial charge in [0.2, 0.25) is 5.95 Å². The summed E-state index contributed by atoms with van der Waals surface area (Å²) >= 11 is 0. The highest BCUT2D eigenvalue weighted by atomic mass is 16.1. The van der Waals surface area contributed by atoms with Crippen molar-refractivity contribution in [1.29, 1.82) is 10.7 Å². The zero-order chi connectivity index (χ0) is 18.9. The molecule has 8 heteroatoms. The van der Waals surface area contributed by atoms with Gasteiger partial charge < -0.3 is 21.4 Å². The van der Waals surface area contributed by atoms with E-state index in [2.05, 4.69) is 25.9 Å². The number of nitrogens with zero attached hydrogens (tertiary/aromatic N) is 3. The number of amides is 1. The Morgan fingerprint density at radius 2 is 2.08 bits per heavy atom. The van der Waals surface area contributed by atoms with Crippen LogP contribution in [-0.2, 0) is 0 Å². The van der Waals surface area contributed by atoms with Crippen LogP contribution in [0.25, 0.3) is 11.3 Å². The minimum atomic E-state index is -0.298. The van der Waals surface area contributed by atoms with Crippen LogP contribution < -0.4 is 16.0 Å². The van der Waals surface area contributed by atoms with E-state index in [1.165, 1.54) is 0 Å². The third-order valence-electron chi connectivity index (χ3n) is 3.43. The van der Waals surface area contributed by atoms with Crippen molar-refractivity contribution in [1.82, 2.24) is 20.6 Å². The zero-order valence-corrected chi connectivity index (χ0v) is 14.5. The van der Waals surface area contributed by atoms with Crippen molar-refractivity contribution in [2.24, 2.45) is 0 Å². The average molecular weight is 349 g/mol. The third-order valence-corrected chi connectivity index (χ3v) is 3.43. The molecule has 26 heavy (non-hydrogen) atoms. The Kier molecular flexibility index (Phi) is 6.40. The summed E-state index contributed by atoms with van der Waals surface area (Å²) in [4.78, 5) is 20.6. The molecule has 1 amide bonds. The first-order chi connectivity index (χ1) is 12.6. The van der Waals surface area contributed by atoms with E-state index in [0.717, 1.165) is 23.0 Å². The second-order valence-corrected chi connectivity index (χ2v) is 5.30. The lowest BCUT2D eigenvalue weighted by Gasteiger charge is -2.10. The summed E-state index contributed by atoms with van der Waals surface area (Å²) < 4.78 is 0. The van der Waals surface area contributed by atoms with E-state index in [0.29, 0.717) is 17.2 Å². The standard InChI is InChI=1S/C18H19N7O/c1-12-10-23-18(24-15(9-20)11-21-2)25-16(12)13-3-5-14(6-4-13)17(26)22-8-7-19/h3-6,9-11,20-21H,8H2,1-2H3,(H,22,26)(H,23,24,25)/b15-11+,20-9?. The molecule has 2 aromatic rings. The number of hydrogen-bond donors (Lipinski definition) is 4. The lowest BCUT2D eigenvalue weighted by atomic mass is 10.1. The van der Waals surface area contributed by atoms with Crippen LogP contribution in [-0.4, -0.2) is 35.7 Å². The van der Waals surface area contributed by atoms with Gasteiger partial charge in [0.15, 0.2) is 0 Å². The number of allylic oxidation sites excluding steroid dienone is 1. The summed E-state index contributed by atoms with van der Waals surface area (Å²) in [5.41, 5.74) is 3.43. The van der Waals surface area contributed by atoms with Gasteiger partial charge in [-0.1, -0.05) is 12.1 Å². The number of rotatable bonds is 7. The molecule has 8 nitrogen and oxygen atoms in total. The van der Waals surface area contributed by atoms with Crippen LogP contribution in [0.4, 0.5) is 5.95 Å². The molecular weight excluding hydrogens is 330 g/mol. The summed E-state index contributed by atoms with van der Waals surface area (Å²) in [6.45, 7) is 1.86. The van der Waals surface area contributed by atoms with Gasteiger partial charge in [0.05, 0.1) is 17.5 Å². The lowest BCUT2D eigenvalue weighted by Crippen LogP contribution is -2.23. The first-order valence-corrected chi connectivity index (χ1v) is 7.83. The fourth-order valence-corrected chi connectivity index (χ4v) is 2.19. The van der Waals surface area contributed by atoms with Gasteiger partial charge in [-0.2, -0.15) is 5.26 Å². The maximum atomic E-state index is 11.9. The minimum Gasteiger partial charge on any atom is -0.392 e. The summed E-state index contributed by atoms with van der Waals surface area (Å²) in [6, 6.07) is 8.82. The number of carbonyl (C=O) groups is 1. The van der Waals surface area contributed by atoms with E-state index in [9.17, 15) is 4.79 Å². The molecule has 0 saturated carbocycles. The monoisotopic (exact) mass is 349 g/mol. The van der Waals surface area contributed by atoms with Crippen LogP contribution in [0, 0.1) is 23.7 Å². The summed E-state index contributed by atoms with van der Waals surface area (Å²) in [5, 5.41) is 24.2. The molecule has 0 fully saturated rings. The van der Waals surface area contributed by atoms with Gasteiger partial charge in [0.1, 0.15) is 6.54 Å². The molecule has 0 unspecified atom stereocenters. The Morgan fingerprint density at radius 3 is 2.69 bits per heavy atom. The van der Waals surface area contributed by atoms with E-state index in [1.807, 2.05) is 13.0 Å². The molecule has 0 aliphatic heterocycles. The quantitative estimate of drug-likeness (QED) is 0.446. The summed E-state index contributed by atoms with van der Waals surface area (Å²) in [5.74, 6) is 0.0686. The van der Waals surface area contributed by atoms with Gasteiger partial charge in [-0.3, -0.25) is 4.79 Å². The maximum absolute atomic E-state index is 11.9. The predicted octanol–water partition coefficient (Wildman–Crippen LogP) is 1.83. The highest BCUT2D eigenvalue weighted by Crippen LogP contribution is 2.22. The molecule has 0 aliphatic rings. The maximum Gasteiger partial charge on any atom is 0.252 e. The Bertz CT molecular complexity index is 866. The van der Waals surface area contributed by atoms with Crippen molar-refractivity contribution in [2.75, 3.05) is 18.9 Å². The number of aromatic nitrogens is 2. The number of carbonyl (C=O) groups excluding carboxylic acids is 1.